The number of hydrogen-bond acceptors (Lipinski definition) is 9. The Morgan fingerprint density at radius 3 is 2.55 bits per heavy atom. The third-order valence-electron chi connectivity index (χ3n) is 8.68. The van der Waals surface area contributed by atoms with E-state index in [0.29, 0.717) is 19.3 Å². The van der Waals surface area contributed by atoms with Crippen molar-refractivity contribution in [2.45, 2.75) is 111 Å². The van der Waals surface area contributed by atoms with Crippen molar-refractivity contribution >= 4 is 29.2 Å². The van der Waals surface area contributed by atoms with E-state index in [4.69, 9.17) is 14.3 Å². The van der Waals surface area contributed by atoms with Crippen LogP contribution in [0.2, 0.25) is 0 Å². The smallest absolute Gasteiger partial charge is 0.308 e. The molecule has 0 amide bonds. The lowest BCUT2D eigenvalue weighted by Gasteiger charge is -2.46. The van der Waals surface area contributed by atoms with Crippen LogP contribution >= 0.6 is 0 Å². The van der Waals surface area contributed by atoms with Crippen LogP contribution in [0.1, 0.15) is 98.3 Å². The number of aliphatic hydroxyl groups excluding tert-OH is 1. The number of hydrogen-bond donors (Lipinski definition) is 1. The first kappa shape index (κ1) is 35.4. The number of unbranched alkanes of at least 4 members (excludes halogenated alkanes) is 3. The Morgan fingerprint density at radius 2 is 1.90 bits per heavy atom. The zero-order valence-corrected chi connectivity index (χ0v) is 26.1. The maximum atomic E-state index is 13.3. The van der Waals surface area contributed by atoms with Gasteiger partial charge in [-0.25, -0.2) is 0 Å². The number of aliphatic hydroxyl groups is 1. The van der Waals surface area contributed by atoms with Crippen molar-refractivity contribution < 1.29 is 38.6 Å². The van der Waals surface area contributed by atoms with Gasteiger partial charge in [0.2, 0.25) is 0 Å². The fourth-order valence-electron chi connectivity index (χ4n) is 6.12. The Kier molecular flexibility index (Phi) is 15.2. The largest absolute Gasteiger partial charge is 0.461 e. The average Bonchev–Trinajstić information content (AvgIpc) is 2.95. The zero-order chi connectivity index (χ0) is 31.2. The predicted molar refractivity (Wildman–Crippen MR) is 161 cm³/mol. The molecule has 2 aliphatic carbocycles. The number of ketones is 2. The van der Waals surface area contributed by atoms with E-state index in [1.165, 1.54) is 13.2 Å². The summed E-state index contributed by atoms with van der Waals surface area (Å²) in [6.45, 7) is 11.3. The minimum absolute atomic E-state index is 0.00655. The number of Topliss-reactive ketones (excluding diaryl/α,β-unsaturated/α-hetero) is 1. The van der Waals surface area contributed by atoms with Crippen molar-refractivity contribution in [1.29, 1.82) is 0 Å². The van der Waals surface area contributed by atoms with Gasteiger partial charge in [0.1, 0.15) is 25.6 Å². The van der Waals surface area contributed by atoms with E-state index < -0.39 is 18.2 Å². The highest BCUT2D eigenvalue weighted by molar-refractivity contribution is 5.98. The van der Waals surface area contributed by atoms with E-state index in [1.807, 2.05) is 20.8 Å². The average molecular weight is 590 g/mol. The van der Waals surface area contributed by atoms with E-state index >= 15 is 0 Å². The summed E-state index contributed by atoms with van der Waals surface area (Å²) >= 11 is 0. The van der Waals surface area contributed by atoms with E-state index in [1.54, 1.807) is 6.08 Å². The molecule has 0 aromatic rings. The van der Waals surface area contributed by atoms with Crippen molar-refractivity contribution in [2.24, 2.45) is 34.7 Å². The highest BCUT2D eigenvalue weighted by atomic mass is 16.6. The summed E-state index contributed by atoms with van der Waals surface area (Å²) < 4.78 is 11.0. The summed E-state index contributed by atoms with van der Waals surface area (Å²) in [5.74, 6) is -2.27. The van der Waals surface area contributed by atoms with Crippen LogP contribution in [0.5, 0.6) is 0 Å². The van der Waals surface area contributed by atoms with Crippen molar-refractivity contribution in [1.82, 2.24) is 0 Å². The molecule has 9 heteroatoms. The summed E-state index contributed by atoms with van der Waals surface area (Å²) in [5.41, 5.74) is 1.70. The summed E-state index contributed by atoms with van der Waals surface area (Å²) in [6.07, 6.45) is 7.73. The second-order valence-electron chi connectivity index (χ2n) is 11.8. The van der Waals surface area contributed by atoms with E-state index in [-0.39, 0.29) is 73.0 Å². The second kappa shape index (κ2) is 18.0. The van der Waals surface area contributed by atoms with Crippen LogP contribution in [-0.2, 0) is 33.5 Å². The van der Waals surface area contributed by atoms with Gasteiger partial charge >= 0.3 is 11.9 Å². The van der Waals surface area contributed by atoms with E-state index in [0.717, 1.165) is 43.4 Å². The molecule has 9 nitrogen and oxygen atoms in total. The summed E-state index contributed by atoms with van der Waals surface area (Å²) in [6, 6.07) is 0. The minimum Gasteiger partial charge on any atom is -0.461 e. The Labute approximate surface area is 251 Å². The number of oxime groups is 1. The fourth-order valence-corrected chi connectivity index (χ4v) is 6.12. The van der Waals surface area contributed by atoms with Gasteiger partial charge in [-0.2, -0.15) is 0 Å². The molecule has 0 bridgehead atoms. The molecule has 2 rings (SSSR count). The molecule has 1 fully saturated rings. The first-order chi connectivity index (χ1) is 20.1. The third-order valence-corrected chi connectivity index (χ3v) is 8.68. The van der Waals surface area contributed by atoms with Crippen LogP contribution in [0.4, 0.5) is 0 Å². The molecule has 42 heavy (non-hydrogen) atoms. The molecule has 1 N–H and O–H groups in total. The molecule has 0 saturated heterocycles. The van der Waals surface area contributed by atoms with Crippen molar-refractivity contribution in [3.8, 4) is 0 Å². The van der Waals surface area contributed by atoms with Gasteiger partial charge in [0.25, 0.3) is 0 Å². The van der Waals surface area contributed by atoms with Gasteiger partial charge in [-0.3, -0.25) is 19.2 Å². The first-order valence-corrected chi connectivity index (χ1v) is 15.6. The Balaban J connectivity index is 2.31. The molecular formula is C33H51NO8. The predicted octanol–water partition coefficient (Wildman–Crippen LogP) is 5.53. The Morgan fingerprint density at radius 1 is 1.17 bits per heavy atom. The van der Waals surface area contributed by atoms with E-state index in [9.17, 15) is 24.3 Å². The van der Waals surface area contributed by atoms with Crippen molar-refractivity contribution in [2.75, 3.05) is 13.7 Å². The van der Waals surface area contributed by atoms with Crippen LogP contribution in [0.25, 0.3) is 0 Å². The first-order valence-electron chi connectivity index (χ1n) is 15.6. The lowest BCUT2D eigenvalue weighted by molar-refractivity contribution is -0.158. The van der Waals surface area contributed by atoms with Crippen LogP contribution in [0.3, 0.4) is 0 Å². The molecule has 2 aliphatic rings. The number of rotatable bonds is 18. The van der Waals surface area contributed by atoms with Crippen molar-refractivity contribution in [3.63, 3.8) is 0 Å². The molecule has 0 aromatic carbocycles. The van der Waals surface area contributed by atoms with Gasteiger partial charge in [0.15, 0.2) is 5.78 Å². The monoisotopic (exact) mass is 589 g/mol. The number of carbonyl (C=O) groups excluding carboxylic acids is 4. The molecule has 7 atom stereocenters. The van der Waals surface area contributed by atoms with Crippen LogP contribution in [0.15, 0.2) is 29.5 Å². The fraction of sp³-hybridized carbons (Fsp3) is 0.727. The van der Waals surface area contributed by atoms with Crippen molar-refractivity contribution in [3.05, 3.63) is 24.3 Å². The molecule has 0 radical (unpaired) electrons. The summed E-state index contributed by atoms with van der Waals surface area (Å²) in [7, 11) is 1.50. The lowest BCUT2D eigenvalue weighted by Crippen LogP contribution is -2.49. The quantitative estimate of drug-likeness (QED) is 0.0956. The third kappa shape index (κ3) is 10.2. The molecule has 1 saturated carbocycles. The molecular weight excluding hydrogens is 538 g/mol. The van der Waals surface area contributed by atoms with Gasteiger partial charge in [-0.15, -0.1) is 0 Å². The number of carbonyl (C=O) groups is 4. The number of fused-ring (bicyclic) bond motifs is 1. The number of allylic oxidation sites excluding steroid dienone is 1. The molecule has 236 valence electrons. The second-order valence-corrected chi connectivity index (χ2v) is 11.8. The van der Waals surface area contributed by atoms with Gasteiger partial charge in [-0.05, 0) is 31.3 Å². The highest BCUT2D eigenvalue weighted by Gasteiger charge is 2.49. The molecule has 0 aliphatic heterocycles. The number of esters is 2. The number of nitrogens with zero attached hydrogens (tertiary/aromatic N) is 1. The van der Waals surface area contributed by atoms with E-state index in [2.05, 4.69) is 18.7 Å². The Bertz CT molecular complexity index is 1000. The van der Waals surface area contributed by atoms with Gasteiger partial charge in [0.05, 0.1) is 24.2 Å². The molecule has 0 spiro atoms. The van der Waals surface area contributed by atoms with Crippen LogP contribution in [-0.4, -0.2) is 60.2 Å². The maximum absolute atomic E-state index is 13.3. The van der Waals surface area contributed by atoms with Gasteiger partial charge in [-0.1, -0.05) is 76.8 Å². The van der Waals surface area contributed by atoms with Gasteiger partial charge in [0, 0.05) is 37.0 Å². The molecule has 7 unspecified atom stereocenters. The Hall–Kier alpha value is -2.81. The van der Waals surface area contributed by atoms with Crippen LogP contribution in [0, 0.1) is 29.6 Å². The number of ether oxygens (including phenoxy) is 2. The normalized spacial score (nSPS) is 26.0. The summed E-state index contributed by atoms with van der Waals surface area (Å²) in [4.78, 5) is 56.2. The lowest BCUT2D eigenvalue weighted by atomic mass is 9.60. The SMILES string of the molecule is C=CCOC(=O)CC(O)CC(=O)CCC1C(C)C(=O)C=C2C(CCCCCC)C(=NOC)CC(OC(=O)C(C)CC)C21. The maximum Gasteiger partial charge on any atom is 0.308 e. The van der Waals surface area contributed by atoms with Crippen LogP contribution < -0.4 is 0 Å². The molecule has 0 aromatic heterocycles. The minimum atomic E-state index is -1.14. The van der Waals surface area contributed by atoms with Gasteiger partial charge < -0.3 is 19.4 Å². The highest BCUT2D eigenvalue weighted by Crippen LogP contribution is 2.48. The topological polar surface area (TPSA) is 129 Å². The standard InChI is InChI=1S/C33H51NO8/c1-7-10-11-12-13-26-27-19-29(37)22(5)25(15-14-23(35)17-24(36)18-31(38)41-16-8-2)32(27)30(20-28(26)34-40-6)42-33(39)21(4)9-3/h8,19,21-22,24-26,30,32,36H,2,7,9-18,20H2,1,3-6H3. The molecule has 0 heterocycles. The zero-order valence-electron chi connectivity index (χ0n) is 26.1. The summed E-state index contributed by atoms with van der Waals surface area (Å²) in [5, 5.41) is 14.6.